The van der Waals surface area contributed by atoms with Gasteiger partial charge in [0.05, 0.1) is 5.02 Å². The van der Waals surface area contributed by atoms with Crippen molar-refractivity contribution in [2.24, 2.45) is 0 Å². The maximum absolute atomic E-state index is 5.96. The minimum Gasteiger partial charge on any atom is -0.303 e. The molecule has 0 aromatic carbocycles. The molecule has 3 heterocycles. The van der Waals surface area contributed by atoms with Gasteiger partial charge in [-0.2, -0.15) is 5.10 Å². The number of hydrogen-bond donors (Lipinski definition) is 0. The van der Waals surface area contributed by atoms with Crippen molar-refractivity contribution in [3.63, 3.8) is 0 Å². The van der Waals surface area contributed by atoms with Crippen LogP contribution in [0.1, 0.15) is 31.5 Å². The average molecular weight is 265 g/mol. The molecule has 5 heteroatoms. The highest BCUT2D eigenvalue weighted by Crippen LogP contribution is 2.25. The molecule has 1 aliphatic rings. The monoisotopic (exact) mass is 264 g/mol. The normalized spacial score (nSPS) is 21.6. The van der Waals surface area contributed by atoms with Crippen LogP contribution in [0, 0.1) is 0 Å². The zero-order chi connectivity index (χ0) is 12.5. The molecular weight excluding hydrogens is 248 g/mol. The van der Waals surface area contributed by atoms with Crippen LogP contribution in [0.3, 0.4) is 0 Å². The lowest BCUT2D eigenvalue weighted by atomic mass is 9.97. The summed E-state index contributed by atoms with van der Waals surface area (Å²) in [6.07, 6.45) is 4.23. The van der Waals surface area contributed by atoms with Gasteiger partial charge in [-0.15, -0.1) is 0 Å². The van der Waals surface area contributed by atoms with E-state index in [4.69, 9.17) is 11.6 Å². The van der Waals surface area contributed by atoms with Crippen molar-refractivity contribution >= 4 is 17.2 Å². The Morgan fingerprint density at radius 3 is 3.17 bits per heavy atom. The topological polar surface area (TPSA) is 33.4 Å². The van der Waals surface area contributed by atoms with E-state index in [1.54, 1.807) is 4.52 Å². The van der Waals surface area contributed by atoms with Crippen LogP contribution in [0.25, 0.3) is 5.65 Å². The molecule has 1 fully saturated rings. The fourth-order valence-corrected chi connectivity index (χ4v) is 2.76. The van der Waals surface area contributed by atoms with Crippen molar-refractivity contribution in [3.05, 3.63) is 29.2 Å². The van der Waals surface area contributed by atoms with Crippen LogP contribution in [-0.2, 0) is 0 Å². The number of piperidine rings is 1. The summed E-state index contributed by atoms with van der Waals surface area (Å²) < 4.78 is 1.78. The first kappa shape index (κ1) is 11.9. The lowest BCUT2D eigenvalue weighted by Crippen LogP contribution is -2.34. The summed E-state index contributed by atoms with van der Waals surface area (Å²) in [5.74, 6) is 1.41. The third-order valence-corrected chi connectivity index (χ3v) is 3.85. The molecule has 0 amide bonds. The number of rotatable bonds is 2. The smallest absolute Gasteiger partial charge is 0.156 e. The van der Waals surface area contributed by atoms with Crippen molar-refractivity contribution in [3.8, 4) is 0 Å². The van der Waals surface area contributed by atoms with Crippen LogP contribution in [-0.4, -0.2) is 39.1 Å². The zero-order valence-electron chi connectivity index (χ0n) is 10.5. The second-order valence-electron chi connectivity index (χ2n) is 4.85. The van der Waals surface area contributed by atoms with Crippen LogP contribution in [0.15, 0.2) is 18.3 Å². The standard InChI is InChI=1S/C13H17ClN4/c1-2-17-7-3-4-10(8-17)13-15-12-6-5-11(14)9-18(12)16-13/h5-6,9-10H,2-4,7-8H2,1H3. The predicted octanol–water partition coefficient (Wildman–Crippen LogP) is 2.58. The molecule has 0 spiro atoms. The van der Waals surface area contributed by atoms with Crippen LogP contribution >= 0.6 is 11.6 Å². The van der Waals surface area contributed by atoms with Gasteiger partial charge in [-0.3, -0.25) is 0 Å². The Balaban J connectivity index is 1.89. The molecular formula is C13H17ClN4. The highest BCUT2D eigenvalue weighted by Gasteiger charge is 2.23. The summed E-state index contributed by atoms with van der Waals surface area (Å²) in [4.78, 5) is 7.08. The summed E-state index contributed by atoms with van der Waals surface area (Å²) >= 11 is 5.96. The van der Waals surface area contributed by atoms with Crippen LogP contribution in [0.5, 0.6) is 0 Å². The first-order chi connectivity index (χ1) is 8.76. The lowest BCUT2D eigenvalue weighted by Gasteiger charge is -2.30. The number of hydrogen-bond acceptors (Lipinski definition) is 3. The van der Waals surface area contributed by atoms with Crippen molar-refractivity contribution in [1.29, 1.82) is 0 Å². The minimum atomic E-state index is 0.456. The maximum atomic E-state index is 5.96. The maximum Gasteiger partial charge on any atom is 0.156 e. The minimum absolute atomic E-state index is 0.456. The Bertz CT molecular complexity index is 551. The molecule has 2 aromatic rings. The lowest BCUT2D eigenvalue weighted by molar-refractivity contribution is 0.214. The van der Waals surface area contributed by atoms with Gasteiger partial charge in [-0.25, -0.2) is 9.50 Å². The Morgan fingerprint density at radius 1 is 1.44 bits per heavy atom. The summed E-state index contributed by atoms with van der Waals surface area (Å²) in [5, 5.41) is 5.25. The number of halogens is 1. The third-order valence-electron chi connectivity index (χ3n) is 3.63. The van der Waals surface area contributed by atoms with Crippen molar-refractivity contribution < 1.29 is 0 Å². The number of aromatic nitrogens is 3. The average Bonchev–Trinajstić information content (AvgIpc) is 2.81. The largest absolute Gasteiger partial charge is 0.303 e. The number of nitrogens with zero attached hydrogens (tertiary/aromatic N) is 4. The number of likely N-dealkylation sites (N-methyl/N-ethyl adjacent to an activating group) is 1. The SMILES string of the molecule is CCN1CCCC(c2nc3ccc(Cl)cn3n2)C1. The second-order valence-corrected chi connectivity index (χ2v) is 5.29. The van der Waals surface area contributed by atoms with Gasteiger partial charge in [0.25, 0.3) is 0 Å². The number of pyridine rings is 1. The summed E-state index contributed by atoms with van der Waals surface area (Å²) in [6, 6.07) is 3.77. The second kappa shape index (κ2) is 4.86. The molecule has 0 N–H and O–H groups in total. The third kappa shape index (κ3) is 2.22. The quantitative estimate of drug-likeness (QED) is 0.836. The van der Waals surface area contributed by atoms with Crippen molar-refractivity contribution in [1.82, 2.24) is 19.5 Å². The highest BCUT2D eigenvalue weighted by molar-refractivity contribution is 6.30. The van der Waals surface area contributed by atoms with E-state index in [2.05, 4.69) is 21.9 Å². The number of fused-ring (bicyclic) bond motifs is 1. The fourth-order valence-electron chi connectivity index (χ4n) is 2.60. The van der Waals surface area contributed by atoms with Gasteiger partial charge in [-0.05, 0) is 38.1 Å². The van der Waals surface area contributed by atoms with Crippen LogP contribution in [0.2, 0.25) is 5.02 Å². The Hall–Kier alpha value is -1.13. The molecule has 96 valence electrons. The van der Waals surface area contributed by atoms with Gasteiger partial charge >= 0.3 is 0 Å². The number of likely N-dealkylation sites (tertiary alicyclic amines) is 1. The summed E-state index contributed by atoms with van der Waals surface area (Å²) in [7, 11) is 0. The van der Waals surface area contributed by atoms with Crippen molar-refractivity contribution in [2.45, 2.75) is 25.7 Å². The predicted molar refractivity (Wildman–Crippen MR) is 72.1 cm³/mol. The molecule has 0 aliphatic carbocycles. The zero-order valence-corrected chi connectivity index (χ0v) is 11.3. The molecule has 2 aromatic heterocycles. The van der Waals surface area contributed by atoms with Gasteiger partial charge < -0.3 is 4.90 Å². The van der Waals surface area contributed by atoms with E-state index in [-0.39, 0.29) is 0 Å². The highest BCUT2D eigenvalue weighted by atomic mass is 35.5. The molecule has 4 nitrogen and oxygen atoms in total. The van der Waals surface area contributed by atoms with Gasteiger partial charge in [-0.1, -0.05) is 18.5 Å². The molecule has 1 unspecified atom stereocenters. The Labute approximate surface area is 112 Å². The van der Waals surface area contributed by atoms with E-state index in [1.807, 2.05) is 18.3 Å². The first-order valence-electron chi connectivity index (χ1n) is 6.50. The molecule has 1 atom stereocenters. The molecule has 1 saturated heterocycles. The first-order valence-corrected chi connectivity index (χ1v) is 6.88. The van der Waals surface area contributed by atoms with Gasteiger partial charge in [0.2, 0.25) is 0 Å². The molecule has 0 saturated carbocycles. The van der Waals surface area contributed by atoms with E-state index in [0.717, 1.165) is 24.6 Å². The molecule has 18 heavy (non-hydrogen) atoms. The fraction of sp³-hybridized carbons (Fsp3) is 0.538. The molecule has 1 aliphatic heterocycles. The van der Waals surface area contributed by atoms with E-state index in [0.29, 0.717) is 10.9 Å². The van der Waals surface area contributed by atoms with E-state index in [9.17, 15) is 0 Å². The summed E-state index contributed by atoms with van der Waals surface area (Å²) in [5.41, 5.74) is 0.878. The van der Waals surface area contributed by atoms with Gasteiger partial charge in [0.15, 0.2) is 11.5 Å². The van der Waals surface area contributed by atoms with Crippen molar-refractivity contribution in [2.75, 3.05) is 19.6 Å². The Kier molecular flexibility index (Phi) is 3.22. The van der Waals surface area contributed by atoms with Gasteiger partial charge in [0.1, 0.15) is 0 Å². The van der Waals surface area contributed by atoms with E-state index < -0.39 is 0 Å². The van der Waals surface area contributed by atoms with E-state index >= 15 is 0 Å². The van der Waals surface area contributed by atoms with Crippen LogP contribution in [0.4, 0.5) is 0 Å². The van der Waals surface area contributed by atoms with Crippen LogP contribution < -0.4 is 0 Å². The molecule has 3 rings (SSSR count). The van der Waals surface area contributed by atoms with E-state index in [1.165, 1.54) is 19.4 Å². The van der Waals surface area contributed by atoms with Gasteiger partial charge in [0, 0.05) is 18.7 Å². The Morgan fingerprint density at radius 2 is 2.33 bits per heavy atom. The molecule has 0 radical (unpaired) electrons. The molecule has 0 bridgehead atoms. The summed E-state index contributed by atoms with van der Waals surface area (Å²) in [6.45, 7) is 5.59.